The van der Waals surface area contributed by atoms with Crippen LogP contribution in [-0.4, -0.2) is 77.4 Å². The number of methoxy groups -OCH3 is 1. The van der Waals surface area contributed by atoms with Crippen LogP contribution in [0.2, 0.25) is 0 Å². The number of alkyl carbamates (subject to hydrolysis) is 1. The van der Waals surface area contributed by atoms with Crippen LogP contribution < -0.4 is 14.8 Å². The maximum Gasteiger partial charge on any atom is 0.408 e. The molecule has 3 heterocycles. The number of hydrogen-bond donors (Lipinski definition) is 1. The first-order valence-corrected chi connectivity index (χ1v) is 18.1. The number of halogens is 2. The minimum Gasteiger partial charge on any atom is -0.497 e. The van der Waals surface area contributed by atoms with Gasteiger partial charge in [0.15, 0.2) is 5.69 Å². The van der Waals surface area contributed by atoms with Gasteiger partial charge in [-0.25, -0.2) is 19.6 Å². The Kier molecular flexibility index (Phi) is 10.2. The van der Waals surface area contributed by atoms with Crippen LogP contribution in [0.15, 0.2) is 30.4 Å². The van der Waals surface area contributed by atoms with E-state index in [-0.39, 0.29) is 42.1 Å². The normalized spacial score (nSPS) is 31.3. The maximum absolute atomic E-state index is 16.2. The summed E-state index contributed by atoms with van der Waals surface area (Å²) in [5.74, 6) is -4.47. The van der Waals surface area contributed by atoms with Crippen LogP contribution in [-0.2, 0) is 25.0 Å². The molecule has 1 saturated heterocycles. The van der Waals surface area contributed by atoms with Gasteiger partial charge in [0.2, 0.25) is 11.8 Å². The summed E-state index contributed by atoms with van der Waals surface area (Å²) in [6.07, 6.45) is 3.20. The predicted octanol–water partition coefficient (Wildman–Crippen LogP) is 6.43. The van der Waals surface area contributed by atoms with Gasteiger partial charge in [-0.15, -0.1) is 0 Å². The van der Waals surface area contributed by atoms with E-state index in [1.54, 1.807) is 18.2 Å². The third kappa shape index (κ3) is 7.62. The monoisotopic (exact) mass is 712 g/mol. The molecule has 1 aromatic heterocycles. The zero-order valence-electron chi connectivity index (χ0n) is 30.5. The summed E-state index contributed by atoms with van der Waals surface area (Å²) in [6.45, 7) is 11.1. The molecule has 2 aromatic rings. The second-order valence-corrected chi connectivity index (χ2v) is 16.0. The molecule has 0 spiro atoms. The van der Waals surface area contributed by atoms with Crippen molar-refractivity contribution >= 4 is 29.0 Å². The van der Waals surface area contributed by atoms with Gasteiger partial charge in [-0.3, -0.25) is 4.79 Å². The summed E-state index contributed by atoms with van der Waals surface area (Å²) in [7, 11) is 1.49. The SMILES string of the molecule is CC[C@@H]1[C@@H]2CN(C(=O)[C@H](C(C)(C)C)NC(=O)O[C@@H]3C[C@@H]4CC4[C@H]3CC/C=C/C(F)(F)c3nc4ccc(OC)cc4nc3O2)[C@@H]1C(=O)OCC(C)C. The lowest BCUT2D eigenvalue weighted by Crippen LogP contribution is -2.57. The number of benzene rings is 1. The Bertz CT molecular complexity index is 1680. The largest absolute Gasteiger partial charge is 0.497 e. The van der Waals surface area contributed by atoms with E-state index in [0.29, 0.717) is 43.3 Å². The summed E-state index contributed by atoms with van der Waals surface area (Å²) in [4.78, 5) is 52.2. The van der Waals surface area contributed by atoms with Crippen molar-refractivity contribution < 1.29 is 42.1 Å². The van der Waals surface area contributed by atoms with Crippen molar-refractivity contribution in [2.45, 2.75) is 104 Å². The molecule has 2 aliphatic carbocycles. The average Bonchev–Trinajstić information content (AvgIpc) is 3.61. The fourth-order valence-electron chi connectivity index (χ4n) is 7.99. The number of ether oxygens (including phenoxy) is 4. The van der Waals surface area contributed by atoms with Crippen LogP contribution in [0.1, 0.15) is 79.3 Å². The van der Waals surface area contributed by atoms with Crippen LogP contribution in [0.5, 0.6) is 11.6 Å². The number of nitrogens with zero attached hydrogens (tertiary/aromatic N) is 3. The number of nitrogens with one attached hydrogen (secondary N) is 1. The molecule has 1 aromatic carbocycles. The summed E-state index contributed by atoms with van der Waals surface area (Å²) >= 11 is 0. The number of hydrogen-bond acceptors (Lipinski definition) is 9. The second kappa shape index (κ2) is 14.2. The van der Waals surface area contributed by atoms with Gasteiger partial charge >= 0.3 is 18.0 Å². The van der Waals surface area contributed by atoms with Gasteiger partial charge in [0.25, 0.3) is 0 Å². The van der Waals surface area contributed by atoms with Gasteiger partial charge in [-0.05, 0) is 79.4 Å². The van der Waals surface area contributed by atoms with Crippen LogP contribution in [0, 0.1) is 35.0 Å². The van der Waals surface area contributed by atoms with Crippen LogP contribution in [0.25, 0.3) is 11.0 Å². The molecule has 3 fully saturated rings. The fraction of sp³-hybridized carbons (Fsp3) is 0.658. The van der Waals surface area contributed by atoms with E-state index >= 15 is 8.78 Å². The quantitative estimate of drug-likeness (QED) is 0.276. The highest BCUT2D eigenvalue weighted by atomic mass is 19.3. The topological polar surface area (TPSA) is 129 Å². The summed E-state index contributed by atoms with van der Waals surface area (Å²) in [5.41, 5.74) is -0.943. The minimum atomic E-state index is -3.57. The molecule has 11 nitrogen and oxygen atoms in total. The highest BCUT2D eigenvalue weighted by molar-refractivity contribution is 5.91. The summed E-state index contributed by atoms with van der Waals surface area (Å²) in [5, 5.41) is 2.84. The number of carbonyl (C=O) groups excluding carboxylic acids is 3. The molecule has 8 atom stereocenters. The van der Waals surface area contributed by atoms with Crippen molar-refractivity contribution in [1.82, 2.24) is 20.2 Å². The summed E-state index contributed by atoms with van der Waals surface area (Å²) in [6, 6.07) is 2.58. The van der Waals surface area contributed by atoms with E-state index in [0.717, 1.165) is 12.5 Å². The van der Waals surface area contributed by atoms with Gasteiger partial charge in [-0.1, -0.05) is 47.6 Å². The average molecular weight is 713 g/mol. The highest BCUT2D eigenvalue weighted by Crippen LogP contribution is 2.57. The molecule has 13 heteroatoms. The van der Waals surface area contributed by atoms with Crippen molar-refractivity contribution in [3.8, 4) is 11.6 Å². The molecule has 1 N–H and O–H groups in total. The Morgan fingerprint density at radius 3 is 2.55 bits per heavy atom. The number of alkyl halides is 2. The Hall–Kier alpha value is -4.03. The van der Waals surface area contributed by atoms with Crippen molar-refractivity contribution in [3.05, 3.63) is 36.0 Å². The lowest BCUT2D eigenvalue weighted by Gasteiger charge is -2.35. The van der Waals surface area contributed by atoms with Crippen LogP contribution in [0.3, 0.4) is 0 Å². The molecule has 278 valence electrons. The Balaban J connectivity index is 1.46. The van der Waals surface area contributed by atoms with Gasteiger partial charge in [0.1, 0.15) is 30.0 Å². The standard InChI is InChI=1S/C38H50F2N4O7/c1-8-23-29-18-44(30(23)35(46)49-19-20(2)3)34(45)32(37(4,5)6)43-36(47)51-28-16-21-15-25(21)24(28)11-9-10-14-38(39,40)31-33(50-29)42-27-17-22(48-7)12-13-26(27)41-31/h10,12-14,17,20-21,23-25,28-30,32H,8-9,11,15-16,18-19H2,1-7H3,(H,43,47)/b14-10+/t21-,23+,24+,25?,28+,29-,30-,32+/m0/s1. The number of fused-ring (bicyclic) bond motifs is 7. The van der Waals surface area contributed by atoms with Crippen LogP contribution >= 0.6 is 0 Å². The first kappa shape index (κ1) is 36.8. The van der Waals surface area contributed by atoms with Gasteiger partial charge in [0.05, 0.1) is 31.3 Å². The molecular formula is C38H50F2N4O7. The van der Waals surface area contributed by atoms with E-state index < -0.39 is 65.0 Å². The Morgan fingerprint density at radius 2 is 1.86 bits per heavy atom. The number of amides is 2. The van der Waals surface area contributed by atoms with E-state index in [1.165, 1.54) is 18.1 Å². The fourth-order valence-corrected chi connectivity index (χ4v) is 7.99. The molecule has 2 amide bonds. The molecule has 0 radical (unpaired) electrons. The van der Waals surface area contributed by atoms with Gasteiger partial charge < -0.3 is 29.2 Å². The Labute approximate surface area is 297 Å². The van der Waals surface area contributed by atoms with Crippen molar-refractivity contribution in [3.63, 3.8) is 0 Å². The second-order valence-electron chi connectivity index (χ2n) is 16.0. The molecule has 2 bridgehead atoms. The molecular weight excluding hydrogens is 662 g/mol. The third-order valence-electron chi connectivity index (χ3n) is 10.7. The van der Waals surface area contributed by atoms with Crippen LogP contribution in [0.4, 0.5) is 13.6 Å². The smallest absolute Gasteiger partial charge is 0.408 e. The molecule has 2 saturated carbocycles. The van der Waals surface area contributed by atoms with Crippen molar-refractivity contribution in [2.24, 2.45) is 35.0 Å². The molecule has 6 rings (SSSR count). The zero-order valence-corrected chi connectivity index (χ0v) is 30.5. The van der Waals surface area contributed by atoms with Gasteiger partial charge in [0, 0.05) is 12.0 Å². The number of aromatic nitrogens is 2. The number of allylic oxidation sites excluding steroid dienone is 2. The van der Waals surface area contributed by atoms with Crippen molar-refractivity contribution in [1.29, 1.82) is 0 Å². The molecule has 4 aliphatic rings. The Morgan fingerprint density at radius 1 is 1.10 bits per heavy atom. The number of carbonyl (C=O) groups is 3. The highest BCUT2D eigenvalue weighted by Gasteiger charge is 2.55. The zero-order chi connectivity index (χ0) is 36.8. The minimum absolute atomic E-state index is 0.0146. The van der Waals surface area contributed by atoms with E-state index in [9.17, 15) is 14.4 Å². The maximum atomic E-state index is 16.2. The molecule has 51 heavy (non-hydrogen) atoms. The van der Waals surface area contributed by atoms with E-state index in [2.05, 4.69) is 15.3 Å². The first-order chi connectivity index (χ1) is 24.1. The number of rotatable bonds is 5. The lowest BCUT2D eigenvalue weighted by molar-refractivity contribution is -0.157. The number of esters is 1. The third-order valence-corrected chi connectivity index (χ3v) is 10.7. The molecule has 2 aliphatic heterocycles. The first-order valence-electron chi connectivity index (χ1n) is 18.1. The predicted molar refractivity (Wildman–Crippen MR) is 184 cm³/mol. The van der Waals surface area contributed by atoms with Crippen molar-refractivity contribution in [2.75, 3.05) is 20.3 Å². The lowest BCUT2D eigenvalue weighted by atomic mass is 9.85. The molecule has 1 unspecified atom stereocenters. The van der Waals surface area contributed by atoms with E-state index in [1.807, 2.05) is 41.5 Å². The summed E-state index contributed by atoms with van der Waals surface area (Å²) < 4.78 is 55.9. The van der Waals surface area contributed by atoms with Gasteiger partial charge in [-0.2, -0.15) is 8.78 Å². The van der Waals surface area contributed by atoms with E-state index in [4.69, 9.17) is 18.9 Å².